The first-order valence-corrected chi connectivity index (χ1v) is 8.97. The monoisotopic (exact) mass is 377 g/mol. The van der Waals surface area contributed by atoms with Crippen molar-refractivity contribution in [1.82, 2.24) is 4.98 Å². The molecule has 3 aromatic rings. The molecule has 1 aromatic heterocycles. The molecule has 0 aliphatic carbocycles. The topological polar surface area (TPSA) is 84.7 Å². The molecule has 2 amide bonds. The minimum Gasteiger partial charge on any atom is -0.479 e. The minimum atomic E-state index is -0.573. The van der Waals surface area contributed by atoms with Crippen LogP contribution in [0.4, 0.5) is 11.4 Å². The minimum absolute atomic E-state index is 0.154. The molecule has 0 saturated carbocycles. The van der Waals surface area contributed by atoms with Crippen molar-refractivity contribution in [3.05, 3.63) is 61.1 Å². The van der Waals surface area contributed by atoms with Crippen LogP contribution in [0.2, 0.25) is 0 Å². The van der Waals surface area contributed by atoms with Gasteiger partial charge in [-0.25, -0.2) is 4.98 Å². The van der Waals surface area contributed by atoms with Gasteiger partial charge in [-0.2, -0.15) is 0 Å². The molecular formula is C21H19N3O4. The van der Waals surface area contributed by atoms with E-state index in [1.807, 2.05) is 42.5 Å². The van der Waals surface area contributed by atoms with Crippen LogP contribution in [0.25, 0.3) is 11.3 Å². The van der Waals surface area contributed by atoms with Crippen LogP contribution in [0.3, 0.4) is 0 Å². The summed E-state index contributed by atoms with van der Waals surface area (Å²) >= 11 is 0. The molecule has 2 aromatic carbocycles. The van der Waals surface area contributed by atoms with Crippen LogP contribution < -0.4 is 15.0 Å². The standard InChI is InChI=1S/C21H19N3O4/c1-14-21(26)24(17-7-2-3-8-18(17)28-14)10-9-20(25)23-16-6-4-5-15(11-16)19-12-22-13-27-19/h2-8,11-14H,9-10H2,1H3,(H,23,25). The molecule has 1 aliphatic heterocycles. The highest BCUT2D eigenvalue weighted by Gasteiger charge is 2.31. The fourth-order valence-electron chi connectivity index (χ4n) is 3.13. The molecule has 4 rings (SSSR count). The normalized spacial score (nSPS) is 15.7. The van der Waals surface area contributed by atoms with Gasteiger partial charge in [0.15, 0.2) is 18.3 Å². The van der Waals surface area contributed by atoms with Crippen molar-refractivity contribution in [3.63, 3.8) is 0 Å². The molecule has 0 radical (unpaired) electrons. The Kier molecular flexibility index (Phi) is 4.80. The van der Waals surface area contributed by atoms with E-state index >= 15 is 0 Å². The number of rotatable bonds is 5. The molecule has 1 atom stereocenters. The van der Waals surface area contributed by atoms with Crippen molar-refractivity contribution in [1.29, 1.82) is 0 Å². The Morgan fingerprint density at radius 1 is 1.21 bits per heavy atom. The van der Waals surface area contributed by atoms with Gasteiger partial charge in [-0.05, 0) is 31.2 Å². The van der Waals surface area contributed by atoms with E-state index in [0.717, 1.165) is 5.56 Å². The summed E-state index contributed by atoms with van der Waals surface area (Å²) < 4.78 is 10.9. The smallest absolute Gasteiger partial charge is 0.267 e. The first-order valence-electron chi connectivity index (χ1n) is 8.97. The third-order valence-electron chi connectivity index (χ3n) is 4.50. The van der Waals surface area contributed by atoms with Crippen LogP contribution in [0.5, 0.6) is 5.75 Å². The van der Waals surface area contributed by atoms with Crippen molar-refractivity contribution in [2.75, 3.05) is 16.8 Å². The average Bonchev–Trinajstić information content (AvgIpc) is 3.23. The van der Waals surface area contributed by atoms with Crippen LogP contribution in [-0.2, 0) is 9.59 Å². The van der Waals surface area contributed by atoms with Crippen molar-refractivity contribution >= 4 is 23.2 Å². The molecule has 7 nitrogen and oxygen atoms in total. The number of nitrogens with zero attached hydrogens (tertiary/aromatic N) is 2. The van der Waals surface area contributed by atoms with Gasteiger partial charge in [0.05, 0.1) is 11.9 Å². The molecule has 7 heteroatoms. The quantitative estimate of drug-likeness (QED) is 0.736. The summed E-state index contributed by atoms with van der Waals surface area (Å²) in [5.74, 6) is 0.938. The number of fused-ring (bicyclic) bond motifs is 1. The van der Waals surface area contributed by atoms with Crippen LogP contribution >= 0.6 is 0 Å². The largest absolute Gasteiger partial charge is 0.479 e. The van der Waals surface area contributed by atoms with Gasteiger partial charge in [-0.3, -0.25) is 9.59 Å². The highest BCUT2D eigenvalue weighted by Crippen LogP contribution is 2.33. The third-order valence-corrected chi connectivity index (χ3v) is 4.50. The van der Waals surface area contributed by atoms with E-state index in [-0.39, 0.29) is 24.8 Å². The van der Waals surface area contributed by atoms with Gasteiger partial charge in [0.1, 0.15) is 5.75 Å². The van der Waals surface area contributed by atoms with E-state index in [1.54, 1.807) is 24.1 Å². The predicted molar refractivity (Wildman–Crippen MR) is 104 cm³/mol. The highest BCUT2D eigenvalue weighted by atomic mass is 16.5. The first kappa shape index (κ1) is 17.8. The molecule has 2 heterocycles. The lowest BCUT2D eigenvalue weighted by Crippen LogP contribution is -2.45. The Morgan fingerprint density at radius 2 is 2.07 bits per heavy atom. The Balaban J connectivity index is 1.42. The number of oxazole rings is 1. The molecule has 1 unspecified atom stereocenters. The number of ether oxygens (including phenoxy) is 1. The second-order valence-electron chi connectivity index (χ2n) is 6.46. The maximum Gasteiger partial charge on any atom is 0.267 e. The number of benzene rings is 2. The average molecular weight is 377 g/mol. The van der Waals surface area contributed by atoms with Gasteiger partial charge >= 0.3 is 0 Å². The Bertz CT molecular complexity index is 1000. The lowest BCUT2D eigenvalue weighted by atomic mass is 10.1. The maximum absolute atomic E-state index is 12.5. The third kappa shape index (κ3) is 3.59. The van der Waals surface area contributed by atoms with E-state index in [4.69, 9.17) is 9.15 Å². The first-order chi connectivity index (χ1) is 13.6. The number of hydrogen-bond acceptors (Lipinski definition) is 5. The maximum atomic E-state index is 12.5. The summed E-state index contributed by atoms with van der Waals surface area (Å²) in [6.07, 6.45) is 2.57. The zero-order valence-electron chi connectivity index (χ0n) is 15.3. The molecule has 0 bridgehead atoms. The van der Waals surface area contributed by atoms with E-state index in [2.05, 4.69) is 10.3 Å². The Morgan fingerprint density at radius 3 is 2.89 bits per heavy atom. The molecule has 28 heavy (non-hydrogen) atoms. The second-order valence-corrected chi connectivity index (χ2v) is 6.46. The summed E-state index contributed by atoms with van der Waals surface area (Å²) in [5.41, 5.74) is 2.16. The fraction of sp³-hybridized carbons (Fsp3) is 0.190. The SMILES string of the molecule is CC1Oc2ccccc2N(CCC(=O)Nc2cccc(-c3cnco3)c2)C1=O. The molecule has 142 valence electrons. The summed E-state index contributed by atoms with van der Waals surface area (Å²) in [5, 5.41) is 2.86. The van der Waals surface area contributed by atoms with E-state index < -0.39 is 6.10 Å². The van der Waals surface area contributed by atoms with Crippen LogP contribution in [0.15, 0.2) is 65.5 Å². The number of aromatic nitrogens is 1. The number of hydrogen-bond donors (Lipinski definition) is 1. The summed E-state index contributed by atoms with van der Waals surface area (Å²) in [6.45, 7) is 1.98. The predicted octanol–water partition coefficient (Wildman–Crippen LogP) is 3.48. The number of nitrogens with one attached hydrogen (secondary N) is 1. The lowest BCUT2D eigenvalue weighted by Gasteiger charge is -2.32. The zero-order chi connectivity index (χ0) is 19.5. The number of para-hydroxylation sites is 2. The number of anilines is 2. The molecule has 1 aliphatic rings. The number of amides is 2. The van der Waals surface area contributed by atoms with E-state index in [9.17, 15) is 9.59 Å². The Hall–Kier alpha value is -3.61. The summed E-state index contributed by atoms with van der Waals surface area (Å²) in [6, 6.07) is 14.7. The van der Waals surface area contributed by atoms with Gasteiger partial charge in [0.25, 0.3) is 5.91 Å². The van der Waals surface area contributed by atoms with E-state index in [0.29, 0.717) is 22.9 Å². The summed E-state index contributed by atoms with van der Waals surface area (Å²) in [4.78, 5) is 30.4. The van der Waals surface area contributed by atoms with Crippen LogP contribution in [0.1, 0.15) is 13.3 Å². The molecule has 1 N–H and O–H groups in total. The van der Waals surface area contributed by atoms with Crippen LogP contribution in [0, 0.1) is 0 Å². The highest BCUT2D eigenvalue weighted by molar-refractivity contribution is 6.00. The fourth-order valence-corrected chi connectivity index (χ4v) is 3.13. The summed E-state index contributed by atoms with van der Waals surface area (Å²) in [7, 11) is 0. The van der Waals surface area contributed by atoms with Gasteiger partial charge in [-0.15, -0.1) is 0 Å². The van der Waals surface area contributed by atoms with Crippen LogP contribution in [-0.4, -0.2) is 29.4 Å². The van der Waals surface area contributed by atoms with Crippen molar-refractivity contribution < 1.29 is 18.7 Å². The zero-order valence-corrected chi connectivity index (χ0v) is 15.3. The van der Waals surface area contributed by atoms with Crippen molar-refractivity contribution in [2.24, 2.45) is 0 Å². The lowest BCUT2D eigenvalue weighted by molar-refractivity contribution is -0.125. The van der Waals surface area contributed by atoms with Crippen molar-refractivity contribution in [2.45, 2.75) is 19.4 Å². The van der Waals surface area contributed by atoms with E-state index in [1.165, 1.54) is 6.39 Å². The van der Waals surface area contributed by atoms with Gasteiger partial charge in [0.2, 0.25) is 5.91 Å². The number of carbonyl (C=O) groups is 2. The molecule has 0 fully saturated rings. The molecule has 0 saturated heterocycles. The molecule has 0 spiro atoms. The van der Waals surface area contributed by atoms with Gasteiger partial charge in [0, 0.05) is 24.2 Å². The number of carbonyl (C=O) groups excluding carboxylic acids is 2. The molecular weight excluding hydrogens is 358 g/mol. The van der Waals surface area contributed by atoms with Gasteiger partial charge in [-0.1, -0.05) is 24.3 Å². The second kappa shape index (κ2) is 7.56. The Labute approximate surface area is 161 Å². The van der Waals surface area contributed by atoms with Crippen molar-refractivity contribution in [3.8, 4) is 17.1 Å². The van der Waals surface area contributed by atoms with Gasteiger partial charge < -0.3 is 19.4 Å².